The lowest BCUT2D eigenvalue weighted by molar-refractivity contribution is 0.660. The minimum absolute atomic E-state index is 0.0474. The summed E-state index contributed by atoms with van der Waals surface area (Å²) in [6, 6.07) is 65.9. The van der Waals surface area contributed by atoms with E-state index in [9.17, 15) is 0 Å². The van der Waals surface area contributed by atoms with Crippen LogP contribution in [0.4, 0.5) is 17.1 Å². The maximum Gasteiger partial charge on any atom is 0.0468 e. The number of hydrogen-bond donors (Lipinski definition) is 0. The van der Waals surface area contributed by atoms with E-state index in [4.69, 9.17) is 0 Å². The molecule has 0 unspecified atom stereocenters. The Kier molecular flexibility index (Phi) is 6.72. The van der Waals surface area contributed by atoms with E-state index in [2.05, 4.69) is 209 Å². The fourth-order valence-electron chi connectivity index (χ4n) is 10.0. The van der Waals surface area contributed by atoms with Gasteiger partial charge in [-0.15, -0.1) is 0 Å². The fraction of sp³-hybridized carbons (Fsp3) is 0.111. The molecule has 0 saturated heterocycles. The van der Waals surface area contributed by atoms with Gasteiger partial charge >= 0.3 is 0 Å². The summed E-state index contributed by atoms with van der Waals surface area (Å²) in [6.45, 7) is 9.44. The second-order valence-electron chi connectivity index (χ2n) is 16.5. The summed E-state index contributed by atoms with van der Waals surface area (Å²) in [5.74, 6) is 0. The van der Waals surface area contributed by atoms with E-state index in [-0.39, 0.29) is 10.8 Å². The van der Waals surface area contributed by atoms with Gasteiger partial charge in [-0.2, -0.15) is 0 Å². The van der Waals surface area contributed by atoms with Crippen molar-refractivity contribution >= 4 is 49.4 Å². The summed E-state index contributed by atoms with van der Waals surface area (Å²) in [4.78, 5) is 2.46. The fourth-order valence-corrected chi connectivity index (χ4v) is 10.0. The molecule has 11 rings (SSSR count). The van der Waals surface area contributed by atoms with Crippen LogP contribution in [0.1, 0.15) is 49.9 Å². The monoisotopic (exact) mass is 703 g/mol. The SMILES string of the molecule is CC1(C)c2ccccc2-c2cc(N(c3ccc(-c4cc5c6ccccc6ccc5c5ccccc45)cc3)c3ccc4c(c3)C(C)(C)c3ccccc3-4)ccc21. The standard InChI is InChI=1S/C54H41N/c1-53(2)50-20-12-10-18-44(50)48-31-37(27-30-51(48)53)55(38-26-29-45-43-17-9-11-19-49(43)54(3,4)52(45)32-38)36-24-21-35(22-25-36)46-33-47-39-14-6-5-13-34(39)23-28-42(47)40-15-7-8-16-41(40)46/h5-33H,1-4H3. The predicted molar refractivity (Wildman–Crippen MR) is 234 cm³/mol. The highest BCUT2D eigenvalue weighted by molar-refractivity contribution is 6.21. The van der Waals surface area contributed by atoms with E-state index < -0.39 is 0 Å². The van der Waals surface area contributed by atoms with Crippen LogP contribution in [0.25, 0.3) is 65.7 Å². The van der Waals surface area contributed by atoms with Crippen molar-refractivity contribution in [2.45, 2.75) is 38.5 Å². The van der Waals surface area contributed by atoms with Crippen molar-refractivity contribution in [2.75, 3.05) is 4.90 Å². The van der Waals surface area contributed by atoms with Gasteiger partial charge in [0.05, 0.1) is 0 Å². The van der Waals surface area contributed by atoms with Crippen molar-refractivity contribution in [3.05, 3.63) is 198 Å². The van der Waals surface area contributed by atoms with Gasteiger partial charge in [-0.25, -0.2) is 0 Å². The molecule has 0 aliphatic heterocycles. The van der Waals surface area contributed by atoms with Crippen molar-refractivity contribution in [1.82, 2.24) is 0 Å². The normalized spacial score (nSPS) is 14.5. The van der Waals surface area contributed by atoms with Crippen LogP contribution in [0.2, 0.25) is 0 Å². The van der Waals surface area contributed by atoms with Crippen molar-refractivity contribution in [3.63, 3.8) is 0 Å². The lowest BCUT2D eigenvalue weighted by atomic mass is 9.82. The number of benzene rings is 9. The zero-order chi connectivity index (χ0) is 37.1. The average molecular weight is 704 g/mol. The van der Waals surface area contributed by atoms with Crippen molar-refractivity contribution < 1.29 is 0 Å². The highest BCUT2D eigenvalue weighted by atomic mass is 15.1. The van der Waals surface area contributed by atoms with E-state index >= 15 is 0 Å². The molecule has 0 radical (unpaired) electrons. The predicted octanol–water partition coefficient (Wildman–Crippen LogP) is 14.9. The number of anilines is 3. The summed E-state index contributed by atoms with van der Waals surface area (Å²) in [7, 11) is 0. The molecule has 1 nitrogen and oxygen atoms in total. The van der Waals surface area contributed by atoms with E-state index in [1.54, 1.807) is 0 Å². The Balaban J connectivity index is 1.10. The smallest absolute Gasteiger partial charge is 0.0468 e. The van der Waals surface area contributed by atoms with Crippen molar-refractivity contribution in [1.29, 1.82) is 0 Å². The van der Waals surface area contributed by atoms with E-state index in [0.29, 0.717) is 0 Å². The Bertz CT molecular complexity index is 3030. The molecule has 0 fully saturated rings. The number of nitrogens with zero attached hydrogens (tertiary/aromatic N) is 1. The molecule has 0 amide bonds. The molecule has 0 N–H and O–H groups in total. The molecular formula is C54H41N. The van der Waals surface area contributed by atoms with Gasteiger partial charge in [0.1, 0.15) is 0 Å². The van der Waals surface area contributed by atoms with Crippen molar-refractivity contribution in [3.8, 4) is 33.4 Å². The van der Waals surface area contributed by atoms with Crippen LogP contribution in [0, 0.1) is 0 Å². The first-order chi connectivity index (χ1) is 26.8. The average Bonchev–Trinajstić information content (AvgIpc) is 3.60. The van der Waals surface area contributed by atoms with E-state index in [0.717, 1.165) is 11.4 Å². The minimum atomic E-state index is -0.0975. The molecule has 0 heterocycles. The number of rotatable bonds is 4. The van der Waals surface area contributed by atoms with Crippen molar-refractivity contribution in [2.24, 2.45) is 0 Å². The summed E-state index contributed by atoms with van der Waals surface area (Å²) in [5.41, 5.74) is 16.7. The quantitative estimate of drug-likeness (QED) is 0.165. The molecule has 0 aromatic heterocycles. The summed E-state index contributed by atoms with van der Waals surface area (Å²) in [5, 5.41) is 7.70. The van der Waals surface area contributed by atoms with Gasteiger partial charge in [0.2, 0.25) is 0 Å². The molecule has 0 bridgehead atoms. The molecule has 55 heavy (non-hydrogen) atoms. The van der Waals surface area contributed by atoms with Crippen LogP contribution in [0.3, 0.4) is 0 Å². The zero-order valence-electron chi connectivity index (χ0n) is 31.7. The molecule has 262 valence electrons. The maximum absolute atomic E-state index is 2.46. The lowest BCUT2D eigenvalue weighted by Crippen LogP contribution is -2.17. The topological polar surface area (TPSA) is 3.24 Å². The summed E-state index contributed by atoms with van der Waals surface area (Å²) >= 11 is 0. The van der Waals surface area contributed by atoms with Crippen LogP contribution in [0.5, 0.6) is 0 Å². The molecule has 1 heteroatoms. The Labute approximate surface area is 323 Å². The van der Waals surface area contributed by atoms with Gasteiger partial charge in [-0.1, -0.05) is 161 Å². The van der Waals surface area contributed by atoms with Crippen LogP contribution < -0.4 is 4.90 Å². The highest BCUT2D eigenvalue weighted by Gasteiger charge is 2.37. The summed E-state index contributed by atoms with van der Waals surface area (Å²) < 4.78 is 0. The van der Waals surface area contributed by atoms with Gasteiger partial charge in [0.25, 0.3) is 0 Å². The first kappa shape index (κ1) is 32.0. The van der Waals surface area contributed by atoms with E-state index in [1.807, 2.05) is 0 Å². The van der Waals surface area contributed by atoms with Gasteiger partial charge in [0.15, 0.2) is 0 Å². The van der Waals surface area contributed by atoms with Crippen LogP contribution in [0.15, 0.2) is 176 Å². The first-order valence-electron chi connectivity index (χ1n) is 19.5. The zero-order valence-corrected chi connectivity index (χ0v) is 31.7. The Hall–Kier alpha value is -6.44. The minimum Gasteiger partial charge on any atom is -0.310 e. The van der Waals surface area contributed by atoms with Crippen LogP contribution in [-0.2, 0) is 10.8 Å². The molecule has 2 aliphatic rings. The second kappa shape index (κ2) is 11.5. The van der Waals surface area contributed by atoms with E-state index in [1.165, 1.54) is 93.6 Å². The van der Waals surface area contributed by atoms with Gasteiger partial charge in [0, 0.05) is 27.9 Å². The third kappa shape index (κ3) is 4.60. The highest BCUT2D eigenvalue weighted by Crippen LogP contribution is 2.53. The third-order valence-corrected chi connectivity index (χ3v) is 12.9. The van der Waals surface area contributed by atoms with Gasteiger partial charge in [-0.3, -0.25) is 0 Å². The summed E-state index contributed by atoms with van der Waals surface area (Å²) in [6.07, 6.45) is 0. The molecule has 9 aromatic rings. The number of hydrogen-bond acceptors (Lipinski definition) is 1. The Morgan fingerprint density at radius 2 is 0.836 bits per heavy atom. The van der Waals surface area contributed by atoms with Gasteiger partial charge < -0.3 is 4.90 Å². The molecule has 0 spiro atoms. The molecule has 9 aromatic carbocycles. The Morgan fingerprint density at radius 1 is 0.309 bits per heavy atom. The maximum atomic E-state index is 2.46. The first-order valence-corrected chi connectivity index (χ1v) is 19.5. The second-order valence-corrected chi connectivity index (χ2v) is 16.5. The van der Waals surface area contributed by atoms with Crippen LogP contribution >= 0.6 is 0 Å². The third-order valence-electron chi connectivity index (χ3n) is 12.9. The molecular weight excluding hydrogens is 663 g/mol. The Morgan fingerprint density at radius 3 is 1.60 bits per heavy atom. The largest absolute Gasteiger partial charge is 0.310 e. The molecule has 2 aliphatic carbocycles. The molecule has 0 saturated carbocycles. The molecule has 0 atom stereocenters. The number of fused-ring (bicyclic) bond motifs is 11. The van der Waals surface area contributed by atoms with Gasteiger partial charge in [-0.05, 0) is 130 Å². The van der Waals surface area contributed by atoms with Crippen LogP contribution in [-0.4, -0.2) is 0 Å². The lowest BCUT2D eigenvalue weighted by Gasteiger charge is -2.29.